The van der Waals surface area contributed by atoms with Crippen molar-refractivity contribution in [1.29, 1.82) is 0 Å². The summed E-state index contributed by atoms with van der Waals surface area (Å²) in [6, 6.07) is 5.46. The van der Waals surface area contributed by atoms with Crippen LogP contribution in [0.15, 0.2) is 18.2 Å². The molecule has 1 heterocycles. The summed E-state index contributed by atoms with van der Waals surface area (Å²) in [4.78, 5) is 2.09. The second-order valence-corrected chi connectivity index (χ2v) is 5.05. The maximum absolute atomic E-state index is 14.1. The summed E-state index contributed by atoms with van der Waals surface area (Å²) in [5.74, 6) is -0.165. The predicted molar refractivity (Wildman–Crippen MR) is 71.4 cm³/mol. The smallest absolute Gasteiger partial charge is 0.146 e. The molecule has 1 aromatic carbocycles. The van der Waals surface area contributed by atoms with Crippen molar-refractivity contribution < 1.29 is 9.13 Å². The van der Waals surface area contributed by atoms with E-state index in [2.05, 4.69) is 11.8 Å². The molecule has 3 nitrogen and oxygen atoms in total. The van der Waals surface area contributed by atoms with Crippen molar-refractivity contribution in [3.05, 3.63) is 29.6 Å². The van der Waals surface area contributed by atoms with Crippen LogP contribution in [0.4, 0.5) is 10.1 Å². The number of morpholine rings is 1. The molecule has 0 aromatic heterocycles. The van der Waals surface area contributed by atoms with Gasteiger partial charge in [-0.1, -0.05) is 12.1 Å². The molecule has 2 N–H and O–H groups in total. The lowest BCUT2D eigenvalue weighted by Crippen LogP contribution is -2.44. The molecule has 2 rings (SSSR count). The van der Waals surface area contributed by atoms with Gasteiger partial charge in [0.05, 0.1) is 18.9 Å². The van der Waals surface area contributed by atoms with Crippen LogP contribution in [0.3, 0.4) is 0 Å². The summed E-state index contributed by atoms with van der Waals surface area (Å²) >= 11 is 0. The van der Waals surface area contributed by atoms with Crippen LogP contribution in [0.25, 0.3) is 0 Å². The lowest BCUT2D eigenvalue weighted by atomic mass is 10.0. The zero-order chi connectivity index (χ0) is 13.1. The van der Waals surface area contributed by atoms with Crippen molar-refractivity contribution in [3.63, 3.8) is 0 Å². The van der Waals surface area contributed by atoms with Crippen molar-refractivity contribution in [1.82, 2.24) is 0 Å². The number of rotatable bonds is 3. The summed E-state index contributed by atoms with van der Waals surface area (Å²) in [5, 5.41) is 0. The molecule has 4 heteroatoms. The Morgan fingerprint density at radius 3 is 3.00 bits per heavy atom. The third-order valence-electron chi connectivity index (χ3n) is 3.27. The molecule has 0 bridgehead atoms. The number of hydrogen-bond acceptors (Lipinski definition) is 3. The van der Waals surface area contributed by atoms with Gasteiger partial charge in [-0.25, -0.2) is 4.39 Å². The van der Waals surface area contributed by atoms with Crippen LogP contribution >= 0.6 is 0 Å². The summed E-state index contributed by atoms with van der Waals surface area (Å²) in [7, 11) is 0. The van der Waals surface area contributed by atoms with Crippen molar-refractivity contribution in [2.75, 3.05) is 24.7 Å². The molecule has 1 aromatic rings. The first-order chi connectivity index (χ1) is 8.59. The van der Waals surface area contributed by atoms with E-state index in [0.717, 1.165) is 12.1 Å². The third-order valence-corrected chi connectivity index (χ3v) is 3.27. The number of benzene rings is 1. The van der Waals surface area contributed by atoms with E-state index in [1.54, 1.807) is 6.07 Å². The summed E-state index contributed by atoms with van der Waals surface area (Å²) in [6.07, 6.45) is 0.692. The fourth-order valence-electron chi connectivity index (χ4n) is 2.45. The predicted octanol–water partition coefficient (Wildman–Crippen LogP) is 1.94. The minimum Gasteiger partial charge on any atom is -0.377 e. The summed E-state index contributed by atoms with van der Waals surface area (Å²) < 4.78 is 19.5. The molecule has 100 valence electrons. The maximum atomic E-state index is 14.1. The Morgan fingerprint density at radius 2 is 2.33 bits per heavy atom. The van der Waals surface area contributed by atoms with E-state index in [-0.39, 0.29) is 17.9 Å². The normalized spacial score (nSPS) is 22.0. The summed E-state index contributed by atoms with van der Waals surface area (Å²) in [6.45, 7) is 6.02. The van der Waals surface area contributed by atoms with Crippen LogP contribution < -0.4 is 10.6 Å². The Morgan fingerprint density at radius 1 is 1.56 bits per heavy atom. The molecule has 1 aliphatic rings. The fraction of sp³-hybridized carbons (Fsp3) is 0.571. The highest BCUT2D eigenvalue weighted by Gasteiger charge is 2.24. The molecule has 2 unspecified atom stereocenters. The van der Waals surface area contributed by atoms with Crippen LogP contribution in [0.1, 0.15) is 19.4 Å². The number of nitrogens with zero attached hydrogens (tertiary/aromatic N) is 1. The molecule has 1 saturated heterocycles. The number of anilines is 1. The molecule has 0 aliphatic carbocycles. The van der Waals surface area contributed by atoms with Crippen LogP contribution in [0.5, 0.6) is 0 Å². The van der Waals surface area contributed by atoms with E-state index in [4.69, 9.17) is 10.5 Å². The SMILES string of the molecule is CC(N)Cc1cccc(F)c1N1CCOCC1C. The molecule has 0 amide bonds. The molecule has 18 heavy (non-hydrogen) atoms. The Bertz CT molecular complexity index is 409. The highest BCUT2D eigenvalue weighted by Crippen LogP contribution is 2.28. The Labute approximate surface area is 108 Å². The van der Waals surface area contributed by atoms with Crippen molar-refractivity contribution in [2.24, 2.45) is 5.73 Å². The highest BCUT2D eigenvalue weighted by atomic mass is 19.1. The molecule has 1 aliphatic heterocycles. The molecule has 0 radical (unpaired) electrons. The molecular formula is C14H21FN2O. The Kier molecular flexibility index (Phi) is 4.19. The standard InChI is InChI=1S/C14H21FN2O/c1-10(16)8-12-4-3-5-13(15)14(12)17-6-7-18-9-11(17)2/h3-5,10-11H,6-9,16H2,1-2H3. The van der Waals surface area contributed by atoms with E-state index in [0.29, 0.717) is 25.3 Å². The number of nitrogens with two attached hydrogens (primary N) is 1. The van der Waals surface area contributed by atoms with E-state index in [9.17, 15) is 4.39 Å². The molecule has 1 fully saturated rings. The minimum atomic E-state index is -0.165. The molecule has 0 spiro atoms. The highest BCUT2D eigenvalue weighted by molar-refractivity contribution is 5.56. The Hall–Kier alpha value is -1.13. The van der Waals surface area contributed by atoms with E-state index >= 15 is 0 Å². The number of ether oxygens (including phenoxy) is 1. The zero-order valence-electron chi connectivity index (χ0n) is 11.0. The van der Waals surface area contributed by atoms with Crippen LogP contribution in [-0.4, -0.2) is 31.8 Å². The topological polar surface area (TPSA) is 38.5 Å². The fourth-order valence-corrected chi connectivity index (χ4v) is 2.45. The minimum absolute atomic E-state index is 0.0295. The van der Waals surface area contributed by atoms with E-state index < -0.39 is 0 Å². The monoisotopic (exact) mass is 252 g/mol. The van der Waals surface area contributed by atoms with Gasteiger partial charge in [0.2, 0.25) is 0 Å². The van der Waals surface area contributed by atoms with Gasteiger partial charge in [0.1, 0.15) is 5.82 Å². The lowest BCUT2D eigenvalue weighted by Gasteiger charge is -2.36. The number of halogens is 1. The average Bonchev–Trinajstić information content (AvgIpc) is 2.30. The van der Waals surface area contributed by atoms with Gasteiger partial charge in [0, 0.05) is 18.6 Å². The van der Waals surface area contributed by atoms with Crippen LogP contribution in [0.2, 0.25) is 0 Å². The molecular weight excluding hydrogens is 231 g/mol. The first-order valence-electron chi connectivity index (χ1n) is 6.47. The quantitative estimate of drug-likeness (QED) is 0.893. The molecule has 0 saturated carbocycles. The van der Waals surface area contributed by atoms with Gasteiger partial charge in [0.15, 0.2) is 0 Å². The van der Waals surface area contributed by atoms with Crippen LogP contribution in [-0.2, 0) is 11.2 Å². The lowest BCUT2D eigenvalue weighted by molar-refractivity contribution is 0.0985. The van der Waals surface area contributed by atoms with Gasteiger partial charge in [-0.3, -0.25) is 0 Å². The maximum Gasteiger partial charge on any atom is 0.146 e. The van der Waals surface area contributed by atoms with Gasteiger partial charge in [-0.15, -0.1) is 0 Å². The zero-order valence-corrected chi connectivity index (χ0v) is 11.0. The number of hydrogen-bond donors (Lipinski definition) is 1. The average molecular weight is 252 g/mol. The van der Waals surface area contributed by atoms with Crippen molar-refractivity contribution in [2.45, 2.75) is 32.4 Å². The van der Waals surface area contributed by atoms with Crippen molar-refractivity contribution in [3.8, 4) is 0 Å². The van der Waals surface area contributed by atoms with Crippen molar-refractivity contribution >= 4 is 5.69 Å². The van der Waals surface area contributed by atoms with E-state index in [1.165, 1.54) is 6.07 Å². The molecule has 2 atom stereocenters. The van der Waals surface area contributed by atoms with Gasteiger partial charge in [0.25, 0.3) is 0 Å². The first kappa shape index (κ1) is 13.3. The van der Waals surface area contributed by atoms with Crippen LogP contribution in [0, 0.1) is 5.82 Å². The second kappa shape index (κ2) is 5.67. The third kappa shape index (κ3) is 2.82. The number of para-hydroxylation sites is 1. The van der Waals surface area contributed by atoms with Gasteiger partial charge in [-0.2, -0.15) is 0 Å². The first-order valence-corrected chi connectivity index (χ1v) is 6.47. The van der Waals surface area contributed by atoms with E-state index in [1.807, 2.05) is 13.0 Å². The second-order valence-electron chi connectivity index (χ2n) is 5.05. The Balaban J connectivity index is 2.34. The van der Waals surface area contributed by atoms with Gasteiger partial charge in [-0.05, 0) is 31.9 Å². The van der Waals surface area contributed by atoms with Gasteiger partial charge >= 0.3 is 0 Å². The summed E-state index contributed by atoms with van der Waals surface area (Å²) in [5.41, 5.74) is 7.53. The largest absolute Gasteiger partial charge is 0.377 e. The van der Waals surface area contributed by atoms with Gasteiger partial charge < -0.3 is 15.4 Å².